The normalized spacial score (nSPS) is 10.7. The van der Waals surface area contributed by atoms with Crippen molar-refractivity contribution in [1.82, 2.24) is 10.2 Å². The number of hydrogen-bond donors (Lipinski definition) is 0. The van der Waals surface area contributed by atoms with Crippen LogP contribution in [0.3, 0.4) is 0 Å². The van der Waals surface area contributed by atoms with E-state index in [0.717, 1.165) is 27.8 Å². The predicted octanol–water partition coefficient (Wildman–Crippen LogP) is 3.88. The van der Waals surface area contributed by atoms with Crippen LogP contribution in [-0.2, 0) is 6.42 Å². The maximum Gasteiger partial charge on any atom is 0.159 e. The van der Waals surface area contributed by atoms with Crippen LogP contribution in [0.4, 0.5) is 0 Å². The van der Waals surface area contributed by atoms with Crippen molar-refractivity contribution in [3.05, 3.63) is 64.9 Å². The molecule has 1 heterocycles. The molecule has 0 bridgehead atoms. The van der Waals surface area contributed by atoms with Gasteiger partial charge in [-0.25, -0.2) is 0 Å². The standard InChI is InChI=1S/C16H13ClN2O/c1-20-12-8-6-11(7-9-12)10-15-13-4-2-3-5-14(13)16(17)19-18-15/h2-9H,10H2,1H3. The van der Waals surface area contributed by atoms with E-state index in [9.17, 15) is 0 Å². The van der Waals surface area contributed by atoms with Gasteiger partial charge in [0.1, 0.15) is 5.75 Å². The summed E-state index contributed by atoms with van der Waals surface area (Å²) in [6, 6.07) is 15.9. The zero-order chi connectivity index (χ0) is 13.9. The third-order valence-corrected chi connectivity index (χ3v) is 3.53. The van der Waals surface area contributed by atoms with Crippen LogP contribution in [0.1, 0.15) is 11.3 Å². The van der Waals surface area contributed by atoms with E-state index in [1.54, 1.807) is 7.11 Å². The van der Waals surface area contributed by atoms with Crippen molar-refractivity contribution in [3.63, 3.8) is 0 Å². The molecule has 3 aromatic rings. The highest BCUT2D eigenvalue weighted by atomic mass is 35.5. The summed E-state index contributed by atoms with van der Waals surface area (Å²) in [6.07, 6.45) is 0.717. The van der Waals surface area contributed by atoms with E-state index in [-0.39, 0.29) is 0 Å². The average Bonchev–Trinajstić information content (AvgIpc) is 2.51. The highest BCUT2D eigenvalue weighted by Gasteiger charge is 2.08. The Morgan fingerprint density at radius 3 is 2.35 bits per heavy atom. The van der Waals surface area contributed by atoms with Crippen molar-refractivity contribution < 1.29 is 4.74 Å². The number of ether oxygens (including phenoxy) is 1. The largest absolute Gasteiger partial charge is 0.497 e. The fraction of sp³-hybridized carbons (Fsp3) is 0.125. The minimum Gasteiger partial charge on any atom is -0.497 e. The maximum absolute atomic E-state index is 6.08. The van der Waals surface area contributed by atoms with E-state index in [1.807, 2.05) is 48.5 Å². The van der Waals surface area contributed by atoms with Crippen LogP contribution in [0, 0.1) is 0 Å². The summed E-state index contributed by atoms with van der Waals surface area (Å²) in [5.41, 5.74) is 2.09. The van der Waals surface area contributed by atoms with Crippen LogP contribution in [0.15, 0.2) is 48.5 Å². The monoisotopic (exact) mass is 284 g/mol. The van der Waals surface area contributed by atoms with Gasteiger partial charge >= 0.3 is 0 Å². The Labute approximate surface area is 122 Å². The van der Waals surface area contributed by atoms with Crippen LogP contribution >= 0.6 is 11.6 Å². The van der Waals surface area contributed by atoms with Crippen molar-refractivity contribution in [1.29, 1.82) is 0 Å². The molecule has 0 unspecified atom stereocenters. The van der Waals surface area contributed by atoms with E-state index < -0.39 is 0 Å². The summed E-state index contributed by atoms with van der Waals surface area (Å²) >= 11 is 6.08. The van der Waals surface area contributed by atoms with Gasteiger partial charge in [0.05, 0.1) is 12.8 Å². The van der Waals surface area contributed by atoms with Gasteiger partial charge in [0.2, 0.25) is 0 Å². The van der Waals surface area contributed by atoms with Crippen LogP contribution in [0.25, 0.3) is 10.8 Å². The summed E-state index contributed by atoms with van der Waals surface area (Å²) in [4.78, 5) is 0. The average molecular weight is 285 g/mol. The highest BCUT2D eigenvalue weighted by molar-refractivity contribution is 6.34. The number of benzene rings is 2. The van der Waals surface area contributed by atoms with Gasteiger partial charge in [0.25, 0.3) is 0 Å². The van der Waals surface area contributed by atoms with Gasteiger partial charge in [-0.2, -0.15) is 5.10 Å². The first-order valence-corrected chi connectivity index (χ1v) is 6.68. The smallest absolute Gasteiger partial charge is 0.159 e. The summed E-state index contributed by atoms with van der Waals surface area (Å²) in [7, 11) is 1.66. The molecule has 2 aromatic carbocycles. The number of hydrogen-bond acceptors (Lipinski definition) is 3. The maximum atomic E-state index is 6.08. The van der Waals surface area contributed by atoms with Crippen LogP contribution in [-0.4, -0.2) is 17.3 Å². The molecule has 0 aliphatic carbocycles. The fourth-order valence-corrected chi connectivity index (χ4v) is 2.40. The first-order valence-electron chi connectivity index (χ1n) is 6.30. The van der Waals surface area contributed by atoms with Gasteiger partial charge in [-0.3, -0.25) is 0 Å². The zero-order valence-corrected chi connectivity index (χ0v) is 11.8. The minimum absolute atomic E-state index is 0.444. The van der Waals surface area contributed by atoms with E-state index in [0.29, 0.717) is 11.6 Å². The Kier molecular flexibility index (Phi) is 3.52. The Bertz CT molecular complexity index is 741. The van der Waals surface area contributed by atoms with Gasteiger partial charge in [0, 0.05) is 17.2 Å². The lowest BCUT2D eigenvalue weighted by atomic mass is 10.0. The topological polar surface area (TPSA) is 35.0 Å². The molecule has 0 aliphatic heterocycles. The molecule has 3 nitrogen and oxygen atoms in total. The Morgan fingerprint density at radius 1 is 0.950 bits per heavy atom. The Morgan fingerprint density at radius 2 is 1.65 bits per heavy atom. The molecule has 100 valence electrons. The van der Waals surface area contributed by atoms with Crippen molar-refractivity contribution in [3.8, 4) is 5.75 Å². The lowest BCUT2D eigenvalue weighted by molar-refractivity contribution is 0.414. The molecule has 0 radical (unpaired) electrons. The van der Waals surface area contributed by atoms with E-state index in [4.69, 9.17) is 16.3 Å². The third kappa shape index (κ3) is 2.45. The van der Waals surface area contributed by atoms with Gasteiger partial charge in [-0.15, -0.1) is 5.10 Å². The minimum atomic E-state index is 0.444. The molecule has 3 rings (SSSR count). The second-order valence-electron chi connectivity index (χ2n) is 4.51. The van der Waals surface area contributed by atoms with Gasteiger partial charge in [0.15, 0.2) is 5.15 Å². The van der Waals surface area contributed by atoms with Crippen LogP contribution < -0.4 is 4.74 Å². The molecular weight excluding hydrogens is 272 g/mol. The number of methoxy groups -OCH3 is 1. The van der Waals surface area contributed by atoms with Gasteiger partial charge < -0.3 is 4.74 Å². The quantitative estimate of drug-likeness (QED) is 0.732. The lowest BCUT2D eigenvalue weighted by Crippen LogP contribution is -1.97. The van der Waals surface area contributed by atoms with Gasteiger partial charge in [-0.05, 0) is 17.7 Å². The first kappa shape index (κ1) is 12.9. The SMILES string of the molecule is COc1ccc(Cc2nnc(Cl)c3ccccc23)cc1. The van der Waals surface area contributed by atoms with Crippen molar-refractivity contribution in [2.24, 2.45) is 0 Å². The molecule has 0 saturated carbocycles. The Balaban J connectivity index is 2.00. The number of nitrogens with zero attached hydrogens (tertiary/aromatic N) is 2. The Hall–Kier alpha value is -2.13. The third-order valence-electron chi connectivity index (χ3n) is 3.25. The second-order valence-corrected chi connectivity index (χ2v) is 4.87. The fourth-order valence-electron chi connectivity index (χ4n) is 2.19. The lowest BCUT2D eigenvalue weighted by Gasteiger charge is -2.07. The molecule has 0 fully saturated rings. The zero-order valence-electron chi connectivity index (χ0n) is 11.0. The highest BCUT2D eigenvalue weighted by Crippen LogP contribution is 2.24. The molecule has 0 saturated heterocycles. The summed E-state index contributed by atoms with van der Waals surface area (Å²) in [5.74, 6) is 0.848. The molecule has 0 amide bonds. The van der Waals surface area contributed by atoms with Crippen molar-refractivity contribution in [2.75, 3.05) is 7.11 Å². The molecular formula is C16H13ClN2O. The van der Waals surface area contributed by atoms with Crippen LogP contribution in [0.5, 0.6) is 5.75 Å². The summed E-state index contributed by atoms with van der Waals surface area (Å²) < 4.78 is 5.16. The first-order chi connectivity index (χ1) is 9.78. The summed E-state index contributed by atoms with van der Waals surface area (Å²) in [6.45, 7) is 0. The number of aromatic nitrogens is 2. The second kappa shape index (κ2) is 5.47. The molecule has 0 spiro atoms. The predicted molar refractivity (Wildman–Crippen MR) is 80.3 cm³/mol. The molecule has 1 aromatic heterocycles. The van der Waals surface area contributed by atoms with Crippen molar-refractivity contribution >= 4 is 22.4 Å². The molecule has 0 atom stereocenters. The van der Waals surface area contributed by atoms with E-state index in [1.165, 1.54) is 0 Å². The molecule has 0 N–H and O–H groups in total. The van der Waals surface area contributed by atoms with Gasteiger partial charge in [-0.1, -0.05) is 48.0 Å². The molecule has 4 heteroatoms. The molecule has 0 aliphatic rings. The van der Waals surface area contributed by atoms with Crippen LogP contribution in [0.2, 0.25) is 5.15 Å². The van der Waals surface area contributed by atoms with E-state index >= 15 is 0 Å². The number of halogens is 1. The summed E-state index contributed by atoms with van der Waals surface area (Å²) in [5, 5.41) is 10.7. The van der Waals surface area contributed by atoms with Crippen molar-refractivity contribution in [2.45, 2.75) is 6.42 Å². The van der Waals surface area contributed by atoms with E-state index in [2.05, 4.69) is 10.2 Å². The molecule has 20 heavy (non-hydrogen) atoms. The number of rotatable bonds is 3. The number of fused-ring (bicyclic) bond motifs is 1.